The molecule has 1 amide bonds. The van der Waals surface area contributed by atoms with Gasteiger partial charge in [-0.2, -0.15) is 0 Å². The topological polar surface area (TPSA) is 60.8 Å². The molecule has 0 spiro atoms. The van der Waals surface area contributed by atoms with Crippen molar-refractivity contribution < 1.29 is 15.0 Å². The number of carbonyl (C=O) groups is 1. The molecule has 2 atom stereocenters. The third kappa shape index (κ3) is 1.42. The fourth-order valence-electron chi connectivity index (χ4n) is 1.85. The maximum atomic E-state index is 11.9. The quantitative estimate of drug-likeness (QED) is 0.743. The molecule has 1 aromatic rings. The molecule has 0 aliphatic carbocycles. The summed E-state index contributed by atoms with van der Waals surface area (Å²) in [5.74, 6) is -0.223. The van der Waals surface area contributed by atoms with Crippen molar-refractivity contribution in [2.24, 2.45) is 0 Å². The summed E-state index contributed by atoms with van der Waals surface area (Å²) >= 11 is 0. The molecule has 4 heteroatoms. The number of aliphatic hydroxyl groups is 2. The Bertz CT molecular complexity index is 391. The van der Waals surface area contributed by atoms with Crippen LogP contribution < -0.4 is 0 Å². The highest BCUT2D eigenvalue weighted by atomic mass is 16.3. The second-order valence-electron chi connectivity index (χ2n) is 3.70. The molecule has 1 aromatic carbocycles. The number of hydrogen-bond acceptors (Lipinski definition) is 3. The Morgan fingerprint density at radius 3 is 2.73 bits per heavy atom. The van der Waals surface area contributed by atoms with Crippen molar-refractivity contribution in [1.29, 1.82) is 0 Å². The van der Waals surface area contributed by atoms with E-state index in [4.69, 9.17) is 5.11 Å². The molecule has 80 valence electrons. The normalized spacial score (nSPS) is 21.7. The Morgan fingerprint density at radius 2 is 2.13 bits per heavy atom. The molecule has 15 heavy (non-hydrogen) atoms. The van der Waals surface area contributed by atoms with Gasteiger partial charge in [0.05, 0.1) is 12.6 Å². The largest absolute Gasteiger partial charge is 0.394 e. The molecule has 1 heterocycles. The Kier molecular flexibility index (Phi) is 2.46. The van der Waals surface area contributed by atoms with E-state index < -0.39 is 6.23 Å². The molecule has 0 radical (unpaired) electrons. The van der Waals surface area contributed by atoms with E-state index in [1.165, 1.54) is 4.90 Å². The number of benzene rings is 1. The molecule has 0 fully saturated rings. The third-order valence-corrected chi connectivity index (χ3v) is 2.71. The predicted molar refractivity (Wildman–Crippen MR) is 54.1 cm³/mol. The van der Waals surface area contributed by atoms with Crippen LogP contribution in [0, 0.1) is 0 Å². The smallest absolute Gasteiger partial charge is 0.256 e. The molecule has 0 bridgehead atoms. The van der Waals surface area contributed by atoms with E-state index >= 15 is 0 Å². The minimum absolute atomic E-state index is 0.156. The average Bonchev–Trinajstić information content (AvgIpc) is 2.52. The van der Waals surface area contributed by atoms with Gasteiger partial charge in [-0.3, -0.25) is 4.79 Å². The number of nitrogens with zero attached hydrogens (tertiary/aromatic N) is 1. The van der Waals surface area contributed by atoms with Crippen LogP contribution >= 0.6 is 0 Å². The zero-order chi connectivity index (χ0) is 11.0. The van der Waals surface area contributed by atoms with Crippen LogP contribution in [0.1, 0.15) is 29.1 Å². The van der Waals surface area contributed by atoms with Gasteiger partial charge in [0.15, 0.2) is 6.23 Å². The van der Waals surface area contributed by atoms with Gasteiger partial charge in [0, 0.05) is 11.1 Å². The van der Waals surface area contributed by atoms with Gasteiger partial charge in [0.1, 0.15) is 0 Å². The third-order valence-electron chi connectivity index (χ3n) is 2.71. The Hall–Kier alpha value is -1.39. The lowest BCUT2D eigenvalue weighted by molar-refractivity contribution is -0.0109. The molecular weight excluding hydrogens is 194 g/mol. The SMILES string of the molecule is C[C@H](CO)N1C(=O)c2ccccc2C1O. The first kappa shape index (κ1) is 10.1. The minimum atomic E-state index is -0.934. The lowest BCUT2D eigenvalue weighted by Crippen LogP contribution is -2.38. The van der Waals surface area contributed by atoms with E-state index in [0.717, 1.165) is 0 Å². The molecule has 0 saturated carbocycles. The maximum absolute atomic E-state index is 11.9. The van der Waals surface area contributed by atoms with Gasteiger partial charge >= 0.3 is 0 Å². The van der Waals surface area contributed by atoms with Gasteiger partial charge in [0.2, 0.25) is 0 Å². The fraction of sp³-hybridized carbons (Fsp3) is 0.364. The van der Waals surface area contributed by atoms with Crippen LogP contribution in [0.25, 0.3) is 0 Å². The standard InChI is InChI=1S/C11H13NO3/c1-7(6-13)12-10(14)8-4-2-3-5-9(8)11(12)15/h2-5,7,10,13-14H,6H2,1H3/t7-,10?/m1/s1. The molecule has 0 aromatic heterocycles. The van der Waals surface area contributed by atoms with E-state index in [2.05, 4.69) is 0 Å². The Morgan fingerprint density at radius 1 is 1.47 bits per heavy atom. The second kappa shape index (κ2) is 3.64. The van der Waals surface area contributed by atoms with Gasteiger partial charge in [0.25, 0.3) is 5.91 Å². The highest BCUT2D eigenvalue weighted by Crippen LogP contribution is 2.32. The van der Waals surface area contributed by atoms with Crippen molar-refractivity contribution in [3.05, 3.63) is 35.4 Å². The van der Waals surface area contributed by atoms with Crippen molar-refractivity contribution >= 4 is 5.91 Å². The van der Waals surface area contributed by atoms with Gasteiger partial charge in [-0.1, -0.05) is 18.2 Å². The second-order valence-corrected chi connectivity index (χ2v) is 3.70. The van der Waals surface area contributed by atoms with Crippen molar-refractivity contribution in [2.45, 2.75) is 19.2 Å². The van der Waals surface area contributed by atoms with Crippen LogP contribution in [0.15, 0.2) is 24.3 Å². The van der Waals surface area contributed by atoms with E-state index in [-0.39, 0.29) is 18.6 Å². The highest BCUT2D eigenvalue weighted by molar-refractivity contribution is 5.99. The minimum Gasteiger partial charge on any atom is -0.394 e. The van der Waals surface area contributed by atoms with Crippen molar-refractivity contribution in [3.63, 3.8) is 0 Å². The van der Waals surface area contributed by atoms with Gasteiger partial charge in [-0.15, -0.1) is 0 Å². The summed E-state index contributed by atoms with van der Waals surface area (Å²) in [6, 6.07) is 6.58. The summed E-state index contributed by atoms with van der Waals surface area (Å²) in [6.45, 7) is 1.55. The number of fused-ring (bicyclic) bond motifs is 1. The van der Waals surface area contributed by atoms with E-state index in [1.54, 1.807) is 31.2 Å². The molecule has 1 unspecified atom stereocenters. The van der Waals surface area contributed by atoms with Gasteiger partial charge in [-0.25, -0.2) is 0 Å². The zero-order valence-electron chi connectivity index (χ0n) is 8.42. The summed E-state index contributed by atoms with van der Waals surface area (Å²) in [4.78, 5) is 13.2. The molecule has 1 aliphatic heterocycles. The lowest BCUT2D eigenvalue weighted by atomic mass is 10.1. The summed E-state index contributed by atoms with van der Waals surface area (Å²) in [5, 5.41) is 18.9. The number of carbonyl (C=O) groups excluding carboxylic acids is 1. The van der Waals surface area contributed by atoms with Crippen LogP contribution in [0.4, 0.5) is 0 Å². The van der Waals surface area contributed by atoms with Crippen LogP contribution in [0.3, 0.4) is 0 Å². The van der Waals surface area contributed by atoms with E-state index in [1.807, 2.05) is 0 Å². The Labute approximate surface area is 87.8 Å². The summed E-state index contributed by atoms with van der Waals surface area (Å²) in [5.41, 5.74) is 1.13. The van der Waals surface area contributed by atoms with Crippen LogP contribution in [0.2, 0.25) is 0 Å². The van der Waals surface area contributed by atoms with Gasteiger partial charge < -0.3 is 15.1 Å². The monoisotopic (exact) mass is 207 g/mol. The molecular formula is C11H13NO3. The first-order valence-corrected chi connectivity index (χ1v) is 4.87. The van der Waals surface area contributed by atoms with Crippen molar-refractivity contribution in [2.75, 3.05) is 6.61 Å². The first-order chi connectivity index (χ1) is 7.16. The van der Waals surface area contributed by atoms with Crippen molar-refractivity contribution in [1.82, 2.24) is 4.90 Å². The highest BCUT2D eigenvalue weighted by Gasteiger charge is 2.37. The average molecular weight is 207 g/mol. The Balaban J connectivity index is 2.41. The number of rotatable bonds is 2. The molecule has 1 aliphatic rings. The summed E-state index contributed by atoms with van der Waals surface area (Å²) in [7, 11) is 0. The molecule has 2 N–H and O–H groups in total. The maximum Gasteiger partial charge on any atom is 0.256 e. The van der Waals surface area contributed by atoms with Crippen LogP contribution in [-0.2, 0) is 0 Å². The van der Waals surface area contributed by atoms with Crippen molar-refractivity contribution in [3.8, 4) is 0 Å². The fourth-order valence-corrected chi connectivity index (χ4v) is 1.85. The van der Waals surface area contributed by atoms with Gasteiger partial charge in [-0.05, 0) is 13.0 Å². The predicted octanol–water partition coefficient (Wildman–Crippen LogP) is 0.514. The number of hydrogen-bond donors (Lipinski definition) is 2. The molecule has 0 saturated heterocycles. The number of aliphatic hydroxyl groups excluding tert-OH is 2. The van der Waals surface area contributed by atoms with E-state index in [0.29, 0.717) is 11.1 Å². The summed E-state index contributed by atoms with van der Waals surface area (Å²) < 4.78 is 0. The number of amides is 1. The first-order valence-electron chi connectivity index (χ1n) is 4.87. The van der Waals surface area contributed by atoms with E-state index in [9.17, 15) is 9.90 Å². The lowest BCUT2D eigenvalue weighted by Gasteiger charge is -2.26. The van der Waals surface area contributed by atoms with Crippen LogP contribution in [-0.4, -0.2) is 33.7 Å². The molecule has 2 rings (SSSR count). The zero-order valence-corrected chi connectivity index (χ0v) is 8.42. The molecule has 4 nitrogen and oxygen atoms in total. The van der Waals surface area contributed by atoms with Crippen LogP contribution in [0.5, 0.6) is 0 Å². The summed E-state index contributed by atoms with van der Waals surface area (Å²) in [6.07, 6.45) is -0.934.